The fourth-order valence-corrected chi connectivity index (χ4v) is 4.31. The Morgan fingerprint density at radius 3 is 2.66 bits per heavy atom. The molecule has 0 aliphatic carbocycles. The largest absolute Gasteiger partial charge is 0.472 e. The highest BCUT2D eigenvalue weighted by atomic mass is 16.5. The van der Waals surface area contributed by atoms with Crippen molar-refractivity contribution in [1.29, 1.82) is 0 Å². The first-order chi connectivity index (χ1) is 14.2. The lowest BCUT2D eigenvalue weighted by Gasteiger charge is -2.27. The predicted octanol–water partition coefficient (Wildman–Crippen LogP) is 4.37. The lowest BCUT2D eigenvalue weighted by molar-refractivity contribution is 0.0930. The summed E-state index contributed by atoms with van der Waals surface area (Å²) in [7, 11) is 0. The van der Waals surface area contributed by atoms with E-state index in [1.807, 2.05) is 0 Å². The quantitative estimate of drug-likeness (QED) is 0.728. The lowest BCUT2D eigenvalue weighted by Crippen LogP contribution is -2.28. The highest BCUT2D eigenvalue weighted by Gasteiger charge is 2.17. The molecule has 0 amide bonds. The van der Waals surface area contributed by atoms with E-state index < -0.39 is 0 Å². The summed E-state index contributed by atoms with van der Waals surface area (Å²) in [5.74, 6) is 2.02. The Balaban J connectivity index is 1.67. The SMILES string of the molecule is CCCCN(CC)/C1=C/C/C=c2/cc3oc(N4CCCC4)cc3c/c2=C/C(C)O1. The molecule has 0 radical (unpaired) electrons. The van der Waals surface area contributed by atoms with Gasteiger partial charge in [0.05, 0.1) is 0 Å². The van der Waals surface area contributed by atoms with Crippen LogP contribution in [0, 0.1) is 0 Å². The van der Waals surface area contributed by atoms with Gasteiger partial charge >= 0.3 is 0 Å². The minimum absolute atomic E-state index is 0.0181. The van der Waals surface area contributed by atoms with E-state index in [2.05, 4.69) is 67.0 Å². The maximum absolute atomic E-state index is 6.36. The summed E-state index contributed by atoms with van der Waals surface area (Å²) in [5, 5.41) is 3.63. The van der Waals surface area contributed by atoms with Gasteiger partial charge in [0.2, 0.25) is 0 Å². The molecule has 3 heterocycles. The summed E-state index contributed by atoms with van der Waals surface area (Å²) in [6.45, 7) is 10.8. The number of allylic oxidation sites excluding steroid dienone is 1. The molecule has 156 valence electrons. The van der Waals surface area contributed by atoms with Crippen LogP contribution in [-0.4, -0.2) is 37.2 Å². The van der Waals surface area contributed by atoms with Gasteiger partial charge in [0.1, 0.15) is 11.7 Å². The molecular formula is C25H34N2O2. The number of anilines is 1. The van der Waals surface area contributed by atoms with Gasteiger partial charge < -0.3 is 19.0 Å². The summed E-state index contributed by atoms with van der Waals surface area (Å²) in [6, 6.07) is 6.64. The Morgan fingerprint density at radius 1 is 1.07 bits per heavy atom. The highest BCUT2D eigenvalue weighted by molar-refractivity contribution is 5.81. The van der Waals surface area contributed by atoms with E-state index in [9.17, 15) is 0 Å². The van der Waals surface area contributed by atoms with E-state index in [-0.39, 0.29) is 6.10 Å². The molecule has 4 rings (SSSR count). The Kier molecular flexibility index (Phi) is 6.17. The van der Waals surface area contributed by atoms with Gasteiger partial charge in [-0.2, -0.15) is 0 Å². The number of benzene rings is 1. The lowest BCUT2D eigenvalue weighted by atomic mass is 10.1. The van der Waals surface area contributed by atoms with Crippen molar-refractivity contribution in [2.45, 2.75) is 59.0 Å². The summed E-state index contributed by atoms with van der Waals surface area (Å²) in [5.41, 5.74) is 0.977. The molecule has 1 aromatic carbocycles. The number of hydrogen-bond donors (Lipinski definition) is 0. The fourth-order valence-electron chi connectivity index (χ4n) is 4.31. The second-order valence-electron chi connectivity index (χ2n) is 8.20. The average Bonchev–Trinajstić information content (AvgIpc) is 3.37. The molecule has 2 aliphatic rings. The van der Waals surface area contributed by atoms with E-state index in [0.717, 1.165) is 50.0 Å². The van der Waals surface area contributed by atoms with Crippen LogP contribution < -0.4 is 15.3 Å². The van der Waals surface area contributed by atoms with Crippen molar-refractivity contribution in [2.75, 3.05) is 31.1 Å². The smallest absolute Gasteiger partial charge is 0.196 e. The summed E-state index contributed by atoms with van der Waals surface area (Å²) >= 11 is 0. The summed E-state index contributed by atoms with van der Waals surface area (Å²) in [4.78, 5) is 4.71. The molecule has 0 saturated carbocycles. The third-order valence-corrected chi connectivity index (χ3v) is 5.95. The number of nitrogens with zero attached hydrogens (tertiary/aromatic N) is 2. The third kappa shape index (κ3) is 4.47. The number of hydrogen-bond acceptors (Lipinski definition) is 4. The molecule has 1 unspecified atom stereocenters. The molecule has 29 heavy (non-hydrogen) atoms. The molecule has 4 nitrogen and oxygen atoms in total. The van der Waals surface area contributed by atoms with Crippen molar-refractivity contribution in [2.24, 2.45) is 0 Å². The maximum Gasteiger partial charge on any atom is 0.196 e. The van der Waals surface area contributed by atoms with Gasteiger partial charge in [0.15, 0.2) is 11.8 Å². The number of furan rings is 1. The van der Waals surface area contributed by atoms with Crippen LogP contribution in [0.5, 0.6) is 0 Å². The van der Waals surface area contributed by atoms with Gasteiger partial charge in [-0.3, -0.25) is 0 Å². The molecule has 1 aromatic heterocycles. The Labute approximate surface area is 174 Å². The standard InChI is InChI=1S/C25H34N2O2/c1-4-6-12-26(5-2)24-11-9-10-20-17-23-22(16-21(20)15-19(3)28-24)18-25(29-23)27-13-7-8-14-27/h10-11,15-19H,4-9,12-14H2,1-3H3/b20-10-,21-15-,24-11-. The van der Waals surface area contributed by atoms with Crippen molar-refractivity contribution in [1.82, 2.24) is 4.90 Å². The van der Waals surface area contributed by atoms with Crippen molar-refractivity contribution < 1.29 is 9.15 Å². The normalized spacial score (nSPS) is 23.5. The number of rotatable bonds is 6. The van der Waals surface area contributed by atoms with Crippen molar-refractivity contribution in [3.8, 4) is 0 Å². The number of unbranched alkanes of at least 4 members (excludes halogenated alkanes) is 1. The van der Waals surface area contributed by atoms with Crippen molar-refractivity contribution in [3.63, 3.8) is 0 Å². The van der Waals surface area contributed by atoms with E-state index in [4.69, 9.17) is 9.15 Å². The van der Waals surface area contributed by atoms with Crippen LogP contribution in [-0.2, 0) is 4.74 Å². The Bertz CT molecular complexity index is 982. The predicted molar refractivity (Wildman–Crippen MR) is 121 cm³/mol. The van der Waals surface area contributed by atoms with Crippen LogP contribution in [0.4, 0.5) is 5.88 Å². The van der Waals surface area contributed by atoms with Gasteiger partial charge in [-0.05, 0) is 74.3 Å². The van der Waals surface area contributed by atoms with E-state index in [1.165, 1.54) is 41.5 Å². The molecule has 2 aliphatic heterocycles. The summed E-state index contributed by atoms with van der Waals surface area (Å²) < 4.78 is 12.6. The van der Waals surface area contributed by atoms with Crippen LogP contribution >= 0.6 is 0 Å². The van der Waals surface area contributed by atoms with Gasteiger partial charge in [0.25, 0.3) is 0 Å². The first-order valence-electron chi connectivity index (χ1n) is 11.3. The molecule has 0 spiro atoms. The zero-order valence-electron chi connectivity index (χ0n) is 18.1. The average molecular weight is 395 g/mol. The summed E-state index contributed by atoms with van der Waals surface area (Å²) in [6.07, 6.45) is 12.5. The molecule has 1 atom stereocenters. The van der Waals surface area contributed by atoms with Crippen LogP contribution in [0.25, 0.3) is 23.1 Å². The second-order valence-corrected chi connectivity index (χ2v) is 8.20. The van der Waals surface area contributed by atoms with Gasteiger partial charge in [-0.1, -0.05) is 19.4 Å². The molecule has 1 saturated heterocycles. The first-order valence-corrected chi connectivity index (χ1v) is 11.3. The zero-order chi connectivity index (χ0) is 20.2. The van der Waals surface area contributed by atoms with Crippen LogP contribution in [0.2, 0.25) is 0 Å². The van der Waals surface area contributed by atoms with Crippen LogP contribution in [0.1, 0.15) is 52.9 Å². The monoisotopic (exact) mass is 394 g/mol. The van der Waals surface area contributed by atoms with Gasteiger partial charge in [-0.15, -0.1) is 0 Å². The zero-order valence-corrected chi connectivity index (χ0v) is 18.1. The third-order valence-electron chi connectivity index (χ3n) is 5.95. The Hall–Kier alpha value is -2.36. The first kappa shape index (κ1) is 19.9. The van der Waals surface area contributed by atoms with E-state index >= 15 is 0 Å². The molecular weight excluding hydrogens is 360 g/mol. The topological polar surface area (TPSA) is 28.9 Å². The van der Waals surface area contributed by atoms with E-state index in [0.29, 0.717) is 0 Å². The second kappa shape index (κ2) is 8.98. The van der Waals surface area contributed by atoms with Gasteiger partial charge in [0, 0.05) is 37.6 Å². The fraction of sp³-hybridized carbons (Fsp3) is 0.520. The van der Waals surface area contributed by atoms with Crippen LogP contribution in [0.3, 0.4) is 0 Å². The van der Waals surface area contributed by atoms with Crippen molar-refractivity contribution >= 4 is 29.0 Å². The molecule has 2 aromatic rings. The molecule has 1 fully saturated rings. The van der Waals surface area contributed by atoms with Crippen molar-refractivity contribution in [3.05, 3.63) is 40.6 Å². The molecule has 4 heteroatoms. The van der Waals surface area contributed by atoms with Gasteiger partial charge in [-0.25, -0.2) is 0 Å². The van der Waals surface area contributed by atoms with Crippen LogP contribution in [0.15, 0.2) is 34.6 Å². The number of ether oxygens (including phenoxy) is 1. The highest BCUT2D eigenvalue weighted by Crippen LogP contribution is 2.27. The number of fused-ring (bicyclic) bond motifs is 2. The van der Waals surface area contributed by atoms with E-state index in [1.54, 1.807) is 0 Å². The maximum atomic E-state index is 6.36. The minimum atomic E-state index is 0.0181. The molecule has 0 bridgehead atoms. The Morgan fingerprint density at radius 2 is 1.90 bits per heavy atom. The molecule has 0 N–H and O–H groups in total. The minimum Gasteiger partial charge on any atom is -0.472 e.